The number of hydrogen-bond donors (Lipinski definition) is 1. The second kappa shape index (κ2) is 10.3. The maximum absolute atomic E-state index is 12.6. The molecule has 0 aliphatic rings. The van der Waals surface area contributed by atoms with Gasteiger partial charge in [-0.25, -0.2) is 9.67 Å². The number of nitrogens with one attached hydrogen (secondary N) is 1. The van der Waals surface area contributed by atoms with Crippen molar-refractivity contribution in [2.45, 2.75) is 13.5 Å². The number of aromatic nitrogens is 3. The Labute approximate surface area is 200 Å². The third-order valence-corrected chi connectivity index (χ3v) is 6.41. The summed E-state index contributed by atoms with van der Waals surface area (Å²) in [5.41, 5.74) is 2.68. The molecule has 0 bridgehead atoms. The van der Waals surface area contributed by atoms with Gasteiger partial charge in [-0.1, -0.05) is 30.3 Å². The third kappa shape index (κ3) is 4.99. The van der Waals surface area contributed by atoms with Gasteiger partial charge in [0.1, 0.15) is 22.2 Å². The van der Waals surface area contributed by atoms with E-state index in [4.69, 9.17) is 9.47 Å². The molecule has 0 radical (unpaired) electrons. The van der Waals surface area contributed by atoms with Crippen LogP contribution in [0.5, 0.6) is 11.5 Å². The van der Waals surface area contributed by atoms with E-state index in [2.05, 4.69) is 15.4 Å². The highest BCUT2D eigenvalue weighted by molar-refractivity contribution is 7.18. The number of benzene rings is 2. The summed E-state index contributed by atoms with van der Waals surface area (Å²) >= 11 is 1.53. The number of aryl methyl sites for hydroxylation is 1. The first kappa shape index (κ1) is 23.2. The molecule has 2 aromatic carbocycles. The highest BCUT2D eigenvalue weighted by Gasteiger charge is 2.15. The number of nitrogens with zero attached hydrogens (tertiary/aromatic N) is 3. The Kier molecular flexibility index (Phi) is 7.03. The Bertz CT molecular complexity index is 1370. The van der Waals surface area contributed by atoms with Crippen molar-refractivity contribution in [1.29, 1.82) is 0 Å². The predicted octanol–water partition coefficient (Wildman–Crippen LogP) is 3.79. The van der Waals surface area contributed by atoms with Gasteiger partial charge in [-0.3, -0.25) is 9.59 Å². The second-order valence-corrected chi connectivity index (χ2v) is 8.40. The third-order valence-electron chi connectivity index (χ3n) is 5.18. The minimum Gasteiger partial charge on any atom is -0.497 e. The molecule has 0 aliphatic carbocycles. The molecule has 0 unspecified atom stereocenters. The second-order valence-electron chi connectivity index (χ2n) is 7.40. The molecule has 0 saturated carbocycles. The molecule has 0 spiro atoms. The van der Waals surface area contributed by atoms with Gasteiger partial charge >= 0.3 is 0 Å². The minimum absolute atomic E-state index is 0.222. The van der Waals surface area contributed by atoms with Crippen LogP contribution in [0.15, 0.2) is 65.5 Å². The van der Waals surface area contributed by atoms with Gasteiger partial charge in [-0.2, -0.15) is 5.10 Å². The average molecular weight is 477 g/mol. The topological polar surface area (TPSA) is 95.3 Å². The van der Waals surface area contributed by atoms with Crippen LogP contribution in [0.3, 0.4) is 0 Å². The molecule has 0 fully saturated rings. The quantitative estimate of drug-likeness (QED) is 0.416. The van der Waals surface area contributed by atoms with Crippen LogP contribution in [0.1, 0.15) is 16.1 Å². The van der Waals surface area contributed by atoms with E-state index in [-0.39, 0.29) is 24.6 Å². The summed E-state index contributed by atoms with van der Waals surface area (Å²) in [6.07, 6.45) is 0. The van der Waals surface area contributed by atoms with Gasteiger partial charge in [0.05, 0.1) is 36.9 Å². The van der Waals surface area contributed by atoms with Gasteiger partial charge in [0.15, 0.2) is 0 Å². The van der Waals surface area contributed by atoms with Crippen LogP contribution >= 0.6 is 11.3 Å². The number of rotatable bonds is 8. The molecule has 0 saturated heterocycles. The smallest absolute Gasteiger partial charge is 0.266 e. The van der Waals surface area contributed by atoms with E-state index in [1.54, 1.807) is 31.4 Å². The summed E-state index contributed by atoms with van der Waals surface area (Å²) in [5.74, 6) is 0.688. The fourth-order valence-electron chi connectivity index (χ4n) is 3.43. The van der Waals surface area contributed by atoms with Crippen molar-refractivity contribution in [3.63, 3.8) is 0 Å². The average Bonchev–Trinajstić information content (AvgIpc) is 3.26. The van der Waals surface area contributed by atoms with Crippen molar-refractivity contribution in [3.8, 4) is 32.6 Å². The van der Waals surface area contributed by atoms with Crippen LogP contribution in [0, 0.1) is 6.92 Å². The van der Waals surface area contributed by atoms with E-state index in [1.165, 1.54) is 29.2 Å². The van der Waals surface area contributed by atoms with Gasteiger partial charge in [-0.15, -0.1) is 11.3 Å². The van der Waals surface area contributed by atoms with Crippen molar-refractivity contribution >= 4 is 17.2 Å². The van der Waals surface area contributed by atoms with Crippen LogP contribution < -0.4 is 20.3 Å². The lowest BCUT2D eigenvalue weighted by atomic mass is 10.1. The largest absolute Gasteiger partial charge is 0.497 e. The molecule has 2 heterocycles. The van der Waals surface area contributed by atoms with Crippen molar-refractivity contribution < 1.29 is 14.3 Å². The zero-order valence-electron chi connectivity index (χ0n) is 19.1. The summed E-state index contributed by atoms with van der Waals surface area (Å²) in [5, 5.41) is 8.23. The fraction of sp³-hybridized carbons (Fsp3) is 0.200. The molecule has 1 amide bonds. The molecule has 0 aliphatic heterocycles. The van der Waals surface area contributed by atoms with Crippen LogP contribution in [0.2, 0.25) is 0 Å². The monoisotopic (exact) mass is 476 g/mol. The maximum Gasteiger partial charge on any atom is 0.266 e. The standard InChI is InChI=1S/C25H24N4O4S/c1-16-23(34-25(27-16)17-7-5-4-6-8-17)20-11-12-22(30)29(28-20)14-13-26-24(31)19-10-9-18(32-2)15-21(19)33-3/h4-12,15H,13-14H2,1-3H3,(H,26,31). The van der Waals surface area contributed by atoms with Gasteiger partial charge in [0.2, 0.25) is 0 Å². The molecule has 4 rings (SSSR count). The molecule has 0 atom stereocenters. The van der Waals surface area contributed by atoms with Crippen LogP contribution in [-0.4, -0.2) is 41.4 Å². The highest BCUT2D eigenvalue weighted by Crippen LogP contribution is 2.33. The van der Waals surface area contributed by atoms with Crippen LogP contribution in [0.25, 0.3) is 21.1 Å². The van der Waals surface area contributed by atoms with Crippen molar-refractivity contribution in [3.05, 3.63) is 82.3 Å². The Morgan fingerprint density at radius 3 is 2.59 bits per heavy atom. The van der Waals surface area contributed by atoms with Crippen molar-refractivity contribution in [2.24, 2.45) is 0 Å². The van der Waals surface area contributed by atoms with Gasteiger partial charge in [0, 0.05) is 24.2 Å². The van der Waals surface area contributed by atoms with Gasteiger partial charge < -0.3 is 14.8 Å². The molecule has 9 heteroatoms. The number of thiazole rings is 1. The Hall–Kier alpha value is -3.98. The zero-order valence-corrected chi connectivity index (χ0v) is 19.9. The zero-order chi connectivity index (χ0) is 24.1. The van der Waals surface area contributed by atoms with Crippen molar-refractivity contribution in [1.82, 2.24) is 20.1 Å². The minimum atomic E-state index is -0.311. The summed E-state index contributed by atoms with van der Waals surface area (Å²) in [7, 11) is 3.04. The predicted molar refractivity (Wildman–Crippen MR) is 132 cm³/mol. The van der Waals surface area contributed by atoms with E-state index in [0.717, 1.165) is 21.1 Å². The number of methoxy groups -OCH3 is 2. The van der Waals surface area contributed by atoms with E-state index in [9.17, 15) is 9.59 Å². The molecule has 4 aromatic rings. The summed E-state index contributed by atoms with van der Waals surface area (Å²) in [6.45, 7) is 2.37. The van der Waals surface area contributed by atoms with E-state index in [0.29, 0.717) is 22.8 Å². The van der Waals surface area contributed by atoms with Crippen LogP contribution in [-0.2, 0) is 6.54 Å². The highest BCUT2D eigenvalue weighted by atomic mass is 32.1. The van der Waals surface area contributed by atoms with E-state index < -0.39 is 0 Å². The first-order valence-electron chi connectivity index (χ1n) is 10.6. The van der Waals surface area contributed by atoms with Gasteiger partial charge in [-0.05, 0) is 25.1 Å². The van der Waals surface area contributed by atoms with E-state index in [1.807, 2.05) is 37.3 Å². The Morgan fingerprint density at radius 1 is 1.06 bits per heavy atom. The number of amides is 1. The van der Waals surface area contributed by atoms with Crippen molar-refractivity contribution in [2.75, 3.05) is 20.8 Å². The molecule has 174 valence electrons. The Morgan fingerprint density at radius 2 is 1.85 bits per heavy atom. The normalized spacial score (nSPS) is 10.7. The van der Waals surface area contributed by atoms with E-state index >= 15 is 0 Å². The lowest BCUT2D eigenvalue weighted by molar-refractivity contribution is 0.0948. The molecule has 1 N–H and O–H groups in total. The number of hydrogen-bond acceptors (Lipinski definition) is 7. The summed E-state index contributed by atoms with van der Waals surface area (Å²) in [6, 6.07) is 18.1. The van der Waals surface area contributed by atoms with Crippen LogP contribution in [0.4, 0.5) is 0 Å². The number of ether oxygens (including phenoxy) is 2. The molecular weight excluding hydrogens is 452 g/mol. The molecule has 8 nitrogen and oxygen atoms in total. The first-order chi connectivity index (χ1) is 16.5. The summed E-state index contributed by atoms with van der Waals surface area (Å²) < 4.78 is 11.8. The molecule has 34 heavy (non-hydrogen) atoms. The number of carbonyl (C=O) groups is 1. The summed E-state index contributed by atoms with van der Waals surface area (Å²) in [4.78, 5) is 30.6. The molecule has 2 aromatic heterocycles. The maximum atomic E-state index is 12.6. The molecular formula is C25H24N4O4S. The SMILES string of the molecule is COc1ccc(C(=O)NCCn2nc(-c3sc(-c4ccccc4)nc3C)ccc2=O)c(OC)c1. The lowest BCUT2D eigenvalue weighted by Gasteiger charge is -2.11. The Balaban J connectivity index is 1.48. The first-order valence-corrected chi connectivity index (χ1v) is 11.4. The number of carbonyl (C=O) groups excluding carboxylic acids is 1. The fourth-order valence-corrected chi connectivity index (χ4v) is 4.46. The lowest BCUT2D eigenvalue weighted by Crippen LogP contribution is -2.32. The van der Waals surface area contributed by atoms with Gasteiger partial charge in [0.25, 0.3) is 11.5 Å².